The third-order valence-corrected chi connectivity index (χ3v) is 3.00. The van der Waals surface area contributed by atoms with Crippen LogP contribution in [0.25, 0.3) is 0 Å². The molecule has 1 N–H and O–H groups in total. The molecule has 0 atom stereocenters. The molecular formula is C10H14N2O3. The molecule has 2 rings (SSSR count). The Balaban J connectivity index is 2.42. The highest BCUT2D eigenvalue weighted by molar-refractivity contribution is 5.80. The van der Waals surface area contributed by atoms with Gasteiger partial charge in [-0.3, -0.25) is 4.79 Å². The summed E-state index contributed by atoms with van der Waals surface area (Å²) in [6.07, 6.45) is 4.39. The highest BCUT2D eigenvalue weighted by Crippen LogP contribution is 2.33. The van der Waals surface area contributed by atoms with Crippen molar-refractivity contribution in [3.63, 3.8) is 0 Å². The second-order valence-corrected chi connectivity index (χ2v) is 3.86. The second kappa shape index (κ2) is 3.66. The van der Waals surface area contributed by atoms with Gasteiger partial charge in [-0.1, -0.05) is 0 Å². The fourth-order valence-electron chi connectivity index (χ4n) is 2.08. The Bertz CT molecular complexity index is 366. The second-order valence-electron chi connectivity index (χ2n) is 3.86. The number of nitrogens with zero attached hydrogens (tertiary/aromatic N) is 2. The highest BCUT2D eigenvalue weighted by Gasteiger charge is 2.44. The standard InChI is InChI=1S/C10H14N2O3/c1-12-5-4-11-8(12)10(9(13)14)2-6-15-7-3-10/h4-5H,2-3,6-7H2,1H3,(H,13,14). The quantitative estimate of drug-likeness (QED) is 0.774. The maximum Gasteiger partial charge on any atom is 0.317 e. The minimum absolute atomic E-state index is 0.485. The van der Waals surface area contributed by atoms with Gasteiger partial charge >= 0.3 is 5.97 Å². The lowest BCUT2D eigenvalue weighted by molar-refractivity contribution is -0.148. The van der Waals surface area contributed by atoms with Gasteiger partial charge in [-0.05, 0) is 12.8 Å². The van der Waals surface area contributed by atoms with E-state index in [2.05, 4.69) is 4.98 Å². The van der Waals surface area contributed by atoms with E-state index < -0.39 is 11.4 Å². The smallest absolute Gasteiger partial charge is 0.317 e. The molecule has 5 heteroatoms. The van der Waals surface area contributed by atoms with Gasteiger partial charge in [-0.15, -0.1) is 0 Å². The predicted octanol–water partition coefficient (Wildman–Crippen LogP) is 0.553. The number of hydrogen-bond acceptors (Lipinski definition) is 3. The van der Waals surface area contributed by atoms with Crippen LogP contribution in [0.2, 0.25) is 0 Å². The van der Waals surface area contributed by atoms with Gasteiger partial charge in [0.1, 0.15) is 11.2 Å². The molecule has 1 aromatic heterocycles. The molecule has 0 radical (unpaired) electrons. The molecule has 15 heavy (non-hydrogen) atoms. The molecule has 1 fully saturated rings. The molecule has 0 bridgehead atoms. The van der Waals surface area contributed by atoms with E-state index in [1.807, 2.05) is 7.05 Å². The van der Waals surface area contributed by atoms with Crippen molar-refractivity contribution in [2.45, 2.75) is 18.3 Å². The lowest BCUT2D eigenvalue weighted by atomic mass is 9.79. The van der Waals surface area contributed by atoms with Gasteiger partial charge in [0.25, 0.3) is 0 Å². The van der Waals surface area contributed by atoms with E-state index in [1.54, 1.807) is 17.0 Å². The lowest BCUT2D eigenvalue weighted by Crippen LogP contribution is -2.43. The number of rotatable bonds is 2. The van der Waals surface area contributed by atoms with Gasteiger partial charge in [0.2, 0.25) is 0 Å². The van der Waals surface area contributed by atoms with Crippen molar-refractivity contribution in [3.05, 3.63) is 18.2 Å². The average molecular weight is 210 g/mol. The van der Waals surface area contributed by atoms with Gasteiger partial charge in [0, 0.05) is 32.7 Å². The van der Waals surface area contributed by atoms with Crippen LogP contribution in [0, 0.1) is 0 Å². The Morgan fingerprint density at radius 3 is 2.73 bits per heavy atom. The zero-order valence-corrected chi connectivity index (χ0v) is 8.64. The van der Waals surface area contributed by atoms with Crippen LogP contribution < -0.4 is 0 Å². The van der Waals surface area contributed by atoms with Crippen molar-refractivity contribution in [1.29, 1.82) is 0 Å². The highest BCUT2D eigenvalue weighted by atomic mass is 16.5. The van der Waals surface area contributed by atoms with Gasteiger partial charge in [0.05, 0.1) is 0 Å². The van der Waals surface area contributed by atoms with E-state index in [9.17, 15) is 9.90 Å². The minimum atomic E-state index is -0.865. The number of aryl methyl sites for hydroxylation is 1. The topological polar surface area (TPSA) is 64.4 Å². The molecule has 0 saturated carbocycles. The molecule has 1 aromatic rings. The molecule has 2 heterocycles. The molecule has 0 aliphatic carbocycles. The van der Waals surface area contributed by atoms with Crippen molar-refractivity contribution in [2.75, 3.05) is 13.2 Å². The van der Waals surface area contributed by atoms with E-state index in [0.29, 0.717) is 31.9 Å². The number of hydrogen-bond donors (Lipinski definition) is 1. The molecule has 1 aliphatic rings. The van der Waals surface area contributed by atoms with Crippen LogP contribution in [0.4, 0.5) is 0 Å². The van der Waals surface area contributed by atoms with Crippen LogP contribution in [0.15, 0.2) is 12.4 Å². The van der Waals surface area contributed by atoms with Crippen molar-refractivity contribution >= 4 is 5.97 Å². The molecule has 82 valence electrons. The Hall–Kier alpha value is -1.36. The molecule has 1 aliphatic heterocycles. The average Bonchev–Trinajstić information content (AvgIpc) is 2.66. The first-order valence-electron chi connectivity index (χ1n) is 4.96. The van der Waals surface area contributed by atoms with Gasteiger partial charge in [0.15, 0.2) is 0 Å². The summed E-state index contributed by atoms with van der Waals surface area (Å²) in [5.41, 5.74) is -0.865. The van der Waals surface area contributed by atoms with Crippen LogP contribution in [0.3, 0.4) is 0 Å². The first kappa shape index (κ1) is 10.2. The number of aromatic nitrogens is 2. The Morgan fingerprint density at radius 2 is 2.27 bits per heavy atom. The number of carbonyl (C=O) groups is 1. The van der Waals surface area contributed by atoms with E-state index in [-0.39, 0.29) is 0 Å². The molecule has 5 nitrogen and oxygen atoms in total. The largest absolute Gasteiger partial charge is 0.480 e. The van der Waals surface area contributed by atoms with E-state index in [0.717, 1.165) is 0 Å². The fraction of sp³-hybridized carbons (Fsp3) is 0.600. The summed E-state index contributed by atoms with van der Waals surface area (Å²) in [7, 11) is 1.82. The molecule has 1 saturated heterocycles. The van der Waals surface area contributed by atoms with Gasteiger partial charge in [-0.2, -0.15) is 0 Å². The summed E-state index contributed by atoms with van der Waals surface area (Å²) in [4.78, 5) is 15.6. The number of carboxylic acid groups (broad SMARTS) is 1. The molecule has 0 unspecified atom stereocenters. The first-order valence-corrected chi connectivity index (χ1v) is 4.96. The van der Waals surface area contributed by atoms with Crippen molar-refractivity contribution in [2.24, 2.45) is 7.05 Å². The third kappa shape index (κ3) is 1.52. The number of aliphatic carboxylic acids is 1. The van der Waals surface area contributed by atoms with Crippen molar-refractivity contribution < 1.29 is 14.6 Å². The van der Waals surface area contributed by atoms with E-state index in [4.69, 9.17) is 4.74 Å². The van der Waals surface area contributed by atoms with Crippen molar-refractivity contribution in [1.82, 2.24) is 9.55 Å². The zero-order chi connectivity index (χ0) is 10.9. The van der Waals surface area contributed by atoms with E-state index >= 15 is 0 Å². The van der Waals surface area contributed by atoms with Crippen LogP contribution in [-0.4, -0.2) is 33.8 Å². The third-order valence-electron chi connectivity index (χ3n) is 3.00. The van der Waals surface area contributed by atoms with Crippen LogP contribution in [0.1, 0.15) is 18.7 Å². The summed E-state index contributed by atoms with van der Waals surface area (Å²) in [6, 6.07) is 0. The summed E-state index contributed by atoms with van der Waals surface area (Å²) in [6.45, 7) is 0.971. The summed E-state index contributed by atoms with van der Waals surface area (Å²) >= 11 is 0. The maximum atomic E-state index is 11.4. The number of ether oxygens (including phenoxy) is 1. The monoisotopic (exact) mass is 210 g/mol. The summed E-state index contributed by atoms with van der Waals surface area (Å²) in [5, 5.41) is 9.38. The van der Waals surface area contributed by atoms with Crippen molar-refractivity contribution in [3.8, 4) is 0 Å². The van der Waals surface area contributed by atoms with Crippen LogP contribution in [-0.2, 0) is 22.0 Å². The molecule has 0 aromatic carbocycles. The van der Waals surface area contributed by atoms with Gasteiger partial charge in [-0.25, -0.2) is 4.98 Å². The van der Waals surface area contributed by atoms with Crippen LogP contribution in [0.5, 0.6) is 0 Å². The number of imidazole rings is 1. The normalized spacial score (nSPS) is 20.1. The summed E-state index contributed by atoms with van der Waals surface area (Å²) < 4.78 is 6.99. The first-order chi connectivity index (χ1) is 7.17. The minimum Gasteiger partial charge on any atom is -0.480 e. The summed E-state index contributed by atoms with van der Waals surface area (Å²) in [5.74, 6) is -0.182. The van der Waals surface area contributed by atoms with Crippen LogP contribution >= 0.6 is 0 Å². The SMILES string of the molecule is Cn1ccnc1C1(C(=O)O)CCOCC1. The lowest BCUT2D eigenvalue weighted by Gasteiger charge is -2.32. The Morgan fingerprint density at radius 1 is 1.60 bits per heavy atom. The Kier molecular flexibility index (Phi) is 2.48. The zero-order valence-electron chi connectivity index (χ0n) is 8.64. The predicted molar refractivity (Wildman–Crippen MR) is 52.6 cm³/mol. The molecule has 0 spiro atoms. The molecule has 0 amide bonds. The maximum absolute atomic E-state index is 11.4. The number of carboxylic acids is 1. The Labute approximate surface area is 87.7 Å². The van der Waals surface area contributed by atoms with E-state index in [1.165, 1.54) is 0 Å². The molecular weight excluding hydrogens is 196 g/mol. The van der Waals surface area contributed by atoms with Gasteiger partial charge < -0.3 is 14.4 Å². The fourth-order valence-corrected chi connectivity index (χ4v) is 2.08.